The molecule has 0 aliphatic carbocycles. The minimum absolute atomic E-state index is 0.861. The molecule has 0 spiro atoms. The van der Waals surface area contributed by atoms with Gasteiger partial charge in [-0.3, -0.25) is 0 Å². The lowest BCUT2D eigenvalue weighted by Crippen LogP contribution is -2.23. The van der Waals surface area contributed by atoms with E-state index in [-0.39, 0.29) is 0 Å². The Balaban J connectivity index is 2.10. The van der Waals surface area contributed by atoms with Gasteiger partial charge in [0, 0.05) is 6.54 Å². The monoisotopic (exact) mass is 211 g/mol. The Kier molecular flexibility index (Phi) is 5.66. The van der Waals surface area contributed by atoms with E-state index in [1.807, 2.05) is 0 Å². The van der Waals surface area contributed by atoms with Crippen molar-refractivity contribution < 1.29 is 0 Å². The van der Waals surface area contributed by atoms with Crippen molar-refractivity contribution in [1.29, 1.82) is 0 Å². The predicted octanol–water partition coefficient (Wildman–Crippen LogP) is 3.79. The SMILES string of the molecule is CC(C)CCC1CCN(CCC(C)C)C1. The molecule has 0 aromatic rings. The third kappa shape index (κ3) is 5.55. The summed E-state index contributed by atoms with van der Waals surface area (Å²) in [6.45, 7) is 13.4. The van der Waals surface area contributed by atoms with E-state index in [0.29, 0.717) is 0 Å². The van der Waals surface area contributed by atoms with Crippen molar-refractivity contribution in [3.8, 4) is 0 Å². The molecule has 1 heteroatoms. The molecular weight excluding hydrogens is 182 g/mol. The van der Waals surface area contributed by atoms with Crippen molar-refractivity contribution in [2.75, 3.05) is 19.6 Å². The first kappa shape index (κ1) is 13.0. The molecule has 0 bridgehead atoms. The molecule has 1 aliphatic rings. The minimum Gasteiger partial charge on any atom is -0.303 e. The first-order chi connectivity index (χ1) is 7.08. The van der Waals surface area contributed by atoms with Crippen molar-refractivity contribution in [1.82, 2.24) is 4.90 Å². The van der Waals surface area contributed by atoms with Gasteiger partial charge >= 0.3 is 0 Å². The van der Waals surface area contributed by atoms with Crippen LogP contribution in [0.2, 0.25) is 0 Å². The Bertz CT molecular complexity index is 145. The lowest BCUT2D eigenvalue weighted by molar-refractivity contribution is 0.296. The van der Waals surface area contributed by atoms with E-state index in [9.17, 15) is 0 Å². The fraction of sp³-hybridized carbons (Fsp3) is 1.00. The number of rotatable bonds is 6. The quantitative estimate of drug-likeness (QED) is 0.646. The fourth-order valence-electron chi connectivity index (χ4n) is 2.36. The summed E-state index contributed by atoms with van der Waals surface area (Å²) >= 11 is 0. The average Bonchev–Trinajstić information content (AvgIpc) is 2.59. The van der Waals surface area contributed by atoms with E-state index in [2.05, 4.69) is 32.6 Å². The molecular formula is C14H29N. The Labute approximate surface area is 96.2 Å². The van der Waals surface area contributed by atoms with E-state index in [1.165, 1.54) is 45.3 Å². The van der Waals surface area contributed by atoms with Gasteiger partial charge in [0.2, 0.25) is 0 Å². The minimum atomic E-state index is 0.861. The summed E-state index contributed by atoms with van der Waals surface area (Å²) in [6.07, 6.45) is 5.69. The van der Waals surface area contributed by atoms with Gasteiger partial charge in [0.1, 0.15) is 0 Å². The average molecular weight is 211 g/mol. The Morgan fingerprint density at radius 2 is 1.73 bits per heavy atom. The van der Waals surface area contributed by atoms with E-state index < -0.39 is 0 Å². The van der Waals surface area contributed by atoms with Gasteiger partial charge in [-0.05, 0) is 50.1 Å². The van der Waals surface area contributed by atoms with Gasteiger partial charge in [-0.15, -0.1) is 0 Å². The van der Waals surface area contributed by atoms with Gasteiger partial charge in [-0.2, -0.15) is 0 Å². The summed E-state index contributed by atoms with van der Waals surface area (Å²) < 4.78 is 0. The highest BCUT2D eigenvalue weighted by Gasteiger charge is 2.21. The molecule has 1 saturated heterocycles. The van der Waals surface area contributed by atoms with Gasteiger partial charge in [0.25, 0.3) is 0 Å². The number of hydrogen-bond acceptors (Lipinski definition) is 1. The predicted molar refractivity (Wildman–Crippen MR) is 68.1 cm³/mol. The molecule has 1 fully saturated rings. The molecule has 1 nitrogen and oxygen atoms in total. The van der Waals surface area contributed by atoms with Crippen LogP contribution >= 0.6 is 0 Å². The summed E-state index contributed by atoms with van der Waals surface area (Å²) in [5.41, 5.74) is 0. The highest BCUT2D eigenvalue weighted by atomic mass is 15.1. The Hall–Kier alpha value is -0.0400. The van der Waals surface area contributed by atoms with Crippen LogP contribution in [0, 0.1) is 17.8 Å². The van der Waals surface area contributed by atoms with Crippen LogP contribution in [-0.2, 0) is 0 Å². The number of likely N-dealkylation sites (tertiary alicyclic amines) is 1. The maximum Gasteiger partial charge on any atom is 0.00101 e. The lowest BCUT2D eigenvalue weighted by Gasteiger charge is -2.17. The molecule has 0 amide bonds. The molecule has 1 rings (SSSR count). The largest absolute Gasteiger partial charge is 0.303 e. The zero-order valence-corrected chi connectivity index (χ0v) is 11.1. The van der Waals surface area contributed by atoms with Crippen molar-refractivity contribution in [2.45, 2.75) is 53.4 Å². The molecule has 90 valence electrons. The second-order valence-corrected chi connectivity index (χ2v) is 6.11. The number of hydrogen-bond donors (Lipinski definition) is 0. The van der Waals surface area contributed by atoms with Crippen molar-refractivity contribution in [3.63, 3.8) is 0 Å². The summed E-state index contributed by atoms with van der Waals surface area (Å²) in [5.74, 6) is 2.74. The zero-order valence-electron chi connectivity index (χ0n) is 11.1. The van der Waals surface area contributed by atoms with Crippen LogP contribution in [0.5, 0.6) is 0 Å². The van der Waals surface area contributed by atoms with Crippen molar-refractivity contribution >= 4 is 0 Å². The highest BCUT2D eigenvalue weighted by molar-refractivity contribution is 4.75. The van der Waals surface area contributed by atoms with Crippen LogP contribution in [0.25, 0.3) is 0 Å². The molecule has 15 heavy (non-hydrogen) atoms. The van der Waals surface area contributed by atoms with Crippen LogP contribution in [0.4, 0.5) is 0 Å². The van der Waals surface area contributed by atoms with Gasteiger partial charge < -0.3 is 4.90 Å². The second-order valence-electron chi connectivity index (χ2n) is 6.11. The second kappa shape index (κ2) is 6.52. The van der Waals surface area contributed by atoms with Gasteiger partial charge in [0.05, 0.1) is 0 Å². The highest BCUT2D eigenvalue weighted by Crippen LogP contribution is 2.23. The molecule has 0 radical (unpaired) electrons. The third-order valence-electron chi connectivity index (χ3n) is 3.54. The molecule has 0 N–H and O–H groups in total. The summed E-state index contributed by atoms with van der Waals surface area (Å²) in [5, 5.41) is 0. The summed E-state index contributed by atoms with van der Waals surface area (Å²) in [4.78, 5) is 2.67. The Morgan fingerprint density at radius 1 is 1.07 bits per heavy atom. The first-order valence-corrected chi connectivity index (χ1v) is 6.80. The molecule has 1 unspecified atom stereocenters. The van der Waals surface area contributed by atoms with Crippen LogP contribution in [-0.4, -0.2) is 24.5 Å². The topological polar surface area (TPSA) is 3.24 Å². The maximum atomic E-state index is 2.67. The molecule has 1 heterocycles. The maximum absolute atomic E-state index is 2.67. The smallest absolute Gasteiger partial charge is 0.00101 e. The van der Waals surface area contributed by atoms with Crippen LogP contribution < -0.4 is 0 Å². The summed E-state index contributed by atoms with van der Waals surface area (Å²) in [7, 11) is 0. The summed E-state index contributed by atoms with van der Waals surface area (Å²) in [6, 6.07) is 0. The van der Waals surface area contributed by atoms with E-state index in [4.69, 9.17) is 0 Å². The molecule has 0 aromatic heterocycles. The molecule has 1 aliphatic heterocycles. The molecule has 0 aromatic carbocycles. The zero-order chi connectivity index (χ0) is 11.3. The number of nitrogens with zero attached hydrogens (tertiary/aromatic N) is 1. The van der Waals surface area contributed by atoms with E-state index >= 15 is 0 Å². The van der Waals surface area contributed by atoms with Crippen LogP contribution in [0.15, 0.2) is 0 Å². The Morgan fingerprint density at radius 3 is 2.33 bits per heavy atom. The fourth-order valence-corrected chi connectivity index (χ4v) is 2.36. The van der Waals surface area contributed by atoms with Crippen molar-refractivity contribution in [3.05, 3.63) is 0 Å². The van der Waals surface area contributed by atoms with E-state index in [0.717, 1.165) is 17.8 Å². The lowest BCUT2D eigenvalue weighted by atomic mass is 9.97. The molecule has 0 saturated carbocycles. The standard InChI is InChI=1S/C14H29N/c1-12(2)5-6-14-8-10-15(11-14)9-7-13(3)4/h12-14H,5-11H2,1-4H3. The van der Waals surface area contributed by atoms with Crippen molar-refractivity contribution in [2.24, 2.45) is 17.8 Å². The van der Waals surface area contributed by atoms with Crippen LogP contribution in [0.1, 0.15) is 53.4 Å². The first-order valence-electron chi connectivity index (χ1n) is 6.80. The normalized spacial score (nSPS) is 23.2. The van der Waals surface area contributed by atoms with Gasteiger partial charge in [-0.1, -0.05) is 34.1 Å². The van der Waals surface area contributed by atoms with Crippen LogP contribution in [0.3, 0.4) is 0 Å². The third-order valence-corrected chi connectivity index (χ3v) is 3.54. The molecule has 1 atom stereocenters. The van der Waals surface area contributed by atoms with E-state index in [1.54, 1.807) is 0 Å². The van der Waals surface area contributed by atoms with Gasteiger partial charge in [0.15, 0.2) is 0 Å². The van der Waals surface area contributed by atoms with Gasteiger partial charge in [-0.25, -0.2) is 0 Å².